The van der Waals surface area contributed by atoms with Crippen molar-refractivity contribution in [2.45, 2.75) is 30.7 Å². The number of carbonyl (C=O) groups excluding carboxylic acids is 2. The Labute approximate surface area is 117 Å². The number of anilines is 1. The molecule has 6 heteroatoms. The van der Waals surface area contributed by atoms with Crippen LogP contribution >= 0.6 is 11.8 Å². The predicted molar refractivity (Wildman–Crippen MR) is 77.9 cm³/mol. The van der Waals surface area contributed by atoms with Gasteiger partial charge in [0.05, 0.1) is 11.7 Å². The van der Waals surface area contributed by atoms with Gasteiger partial charge in [0.1, 0.15) is 0 Å². The van der Waals surface area contributed by atoms with Gasteiger partial charge in [0.15, 0.2) is 0 Å². The van der Waals surface area contributed by atoms with Crippen molar-refractivity contribution in [3.05, 3.63) is 24.3 Å². The zero-order valence-electron chi connectivity index (χ0n) is 10.9. The van der Waals surface area contributed by atoms with Gasteiger partial charge in [-0.25, -0.2) is 0 Å². The Kier molecular flexibility index (Phi) is 6.38. The molecule has 1 aromatic carbocycles. The summed E-state index contributed by atoms with van der Waals surface area (Å²) in [4.78, 5) is 23.4. The van der Waals surface area contributed by atoms with Crippen LogP contribution in [0, 0.1) is 0 Å². The Bertz CT molecular complexity index is 451. The number of benzene rings is 1. The van der Waals surface area contributed by atoms with E-state index in [2.05, 4.69) is 5.32 Å². The number of nitrogens with one attached hydrogen (secondary N) is 1. The molecule has 0 radical (unpaired) electrons. The monoisotopic (exact) mass is 281 g/mol. The smallest absolute Gasteiger partial charge is 0.241 e. The van der Waals surface area contributed by atoms with E-state index in [0.29, 0.717) is 24.3 Å². The number of carbonyl (C=O) groups is 2. The van der Waals surface area contributed by atoms with Crippen LogP contribution in [0.1, 0.15) is 19.8 Å². The first-order valence-electron chi connectivity index (χ1n) is 6.11. The third-order valence-electron chi connectivity index (χ3n) is 2.53. The van der Waals surface area contributed by atoms with Crippen molar-refractivity contribution in [3.63, 3.8) is 0 Å². The fourth-order valence-electron chi connectivity index (χ4n) is 1.37. The number of amides is 2. The highest BCUT2D eigenvalue weighted by atomic mass is 32.2. The minimum absolute atomic E-state index is 0.203. The molecule has 0 aliphatic carbocycles. The molecule has 0 heterocycles. The van der Waals surface area contributed by atoms with Gasteiger partial charge in [-0.1, -0.05) is 19.1 Å². The van der Waals surface area contributed by atoms with Crippen LogP contribution in [0.5, 0.6) is 0 Å². The van der Waals surface area contributed by atoms with Crippen LogP contribution < -0.4 is 16.8 Å². The van der Waals surface area contributed by atoms with Gasteiger partial charge in [-0.2, -0.15) is 0 Å². The second kappa shape index (κ2) is 7.81. The van der Waals surface area contributed by atoms with E-state index >= 15 is 0 Å². The molecule has 0 aliphatic rings. The molecule has 1 rings (SSSR count). The summed E-state index contributed by atoms with van der Waals surface area (Å²) in [6.07, 6.45) is 0.893. The van der Waals surface area contributed by atoms with Gasteiger partial charge in [-0.3, -0.25) is 9.59 Å². The van der Waals surface area contributed by atoms with Crippen molar-refractivity contribution in [2.75, 3.05) is 11.1 Å². The zero-order chi connectivity index (χ0) is 14.3. The van der Waals surface area contributed by atoms with Crippen molar-refractivity contribution in [3.8, 4) is 0 Å². The molecule has 0 unspecified atom stereocenters. The molecule has 0 saturated heterocycles. The Hall–Kier alpha value is -1.53. The van der Waals surface area contributed by atoms with Gasteiger partial charge in [-0.05, 0) is 18.6 Å². The molecule has 5 N–H and O–H groups in total. The minimum atomic E-state index is -0.510. The maximum atomic E-state index is 11.8. The van der Waals surface area contributed by atoms with Crippen LogP contribution in [0.3, 0.4) is 0 Å². The largest absolute Gasteiger partial charge is 0.370 e. The van der Waals surface area contributed by atoms with Gasteiger partial charge in [0, 0.05) is 17.1 Å². The van der Waals surface area contributed by atoms with E-state index in [1.807, 2.05) is 31.2 Å². The summed E-state index contributed by atoms with van der Waals surface area (Å²) < 4.78 is 0. The van der Waals surface area contributed by atoms with Crippen molar-refractivity contribution in [1.82, 2.24) is 0 Å². The highest BCUT2D eigenvalue weighted by molar-refractivity contribution is 7.99. The van der Waals surface area contributed by atoms with Gasteiger partial charge < -0.3 is 16.8 Å². The molecule has 1 atom stereocenters. The van der Waals surface area contributed by atoms with Crippen LogP contribution in [0.4, 0.5) is 5.69 Å². The summed E-state index contributed by atoms with van der Waals surface area (Å²) >= 11 is 1.48. The van der Waals surface area contributed by atoms with E-state index in [9.17, 15) is 9.59 Å². The van der Waals surface area contributed by atoms with Crippen LogP contribution in [-0.4, -0.2) is 23.6 Å². The number of primary amides is 1. The number of rotatable bonds is 7. The molecule has 0 bridgehead atoms. The van der Waals surface area contributed by atoms with Gasteiger partial charge in [-0.15, -0.1) is 11.8 Å². The fourth-order valence-corrected chi connectivity index (χ4v) is 2.34. The second-order valence-corrected chi connectivity index (χ2v) is 5.20. The molecule has 0 fully saturated rings. The predicted octanol–water partition coefficient (Wildman–Crippen LogP) is 1.33. The van der Waals surface area contributed by atoms with Crippen molar-refractivity contribution >= 4 is 29.3 Å². The lowest BCUT2D eigenvalue weighted by atomic mass is 10.2. The lowest BCUT2D eigenvalue weighted by Gasteiger charge is -2.13. The lowest BCUT2D eigenvalue weighted by Crippen LogP contribution is -2.34. The SMILES string of the molecule is CC[C@H](N)C(=O)Nc1ccccc1SCCC(N)=O. The Morgan fingerprint density at radius 2 is 2.05 bits per heavy atom. The number of hydrogen-bond acceptors (Lipinski definition) is 4. The average Bonchev–Trinajstić information content (AvgIpc) is 2.39. The summed E-state index contributed by atoms with van der Waals surface area (Å²) in [5.41, 5.74) is 11.5. The van der Waals surface area contributed by atoms with E-state index < -0.39 is 6.04 Å². The molecule has 5 nitrogen and oxygen atoms in total. The number of nitrogens with two attached hydrogens (primary N) is 2. The van der Waals surface area contributed by atoms with Gasteiger partial charge in [0.2, 0.25) is 11.8 Å². The summed E-state index contributed by atoms with van der Waals surface area (Å²) in [5.74, 6) is 0.0506. The van der Waals surface area contributed by atoms with Crippen molar-refractivity contribution < 1.29 is 9.59 Å². The first-order valence-corrected chi connectivity index (χ1v) is 7.09. The van der Waals surface area contributed by atoms with Crippen LogP contribution in [-0.2, 0) is 9.59 Å². The van der Waals surface area contributed by atoms with E-state index in [-0.39, 0.29) is 11.8 Å². The quantitative estimate of drug-likeness (QED) is 0.657. The maximum absolute atomic E-state index is 11.8. The van der Waals surface area contributed by atoms with Gasteiger partial charge in [0.25, 0.3) is 0 Å². The van der Waals surface area contributed by atoms with Crippen molar-refractivity contribution in [1.29, 1.82) is 0 Å². The van der Waals surface area contributed by atoms with E-state index in [1.54, 1.807) is 0 Å². The van der Waals surface area contributed by atoms with Crippen LogP contribution in [0.25, 0.3) is 0 Å². The molecule has 0 spiro atoms. The summed E-state index contributed by atoms with van der Waals surface area (Å²) in [6, 6.07) is 6.91. The topological polar surface area (TPSA) is 98.2 Å². The zero-order valence-corrected chi connectivity index (χ0v) is 11.7. The molecule has 19 heavy (non-hydrogen) atoms. The van der Waals surface area contributed by atoms with Crippen molar-refractivity contribution in [2.24, 2.45) is 11.5 Å². The highest BCUT2D eigenvalue weighted by Gasteiger charge is 2.13. The summed E-state index contributed by atoms with van der Waals surface area (Å²) in [6.45, 7) is 1.86. The molecular weight excluding hydrogens is 262 g/mol. The first-order chi connectivity index (χ1) is 9.04. The number of thioether (sulfide) groups is 1. The first kappa shape index (κ1) is 15.5. The molecule has 0 aromatic heterocycles. The van der Waals surface area contributed by atoms with Crippen LogP contribution in [0.2, 0.25) is 0 Å². The Balaban J connectivity index is 2.67. The third-order valence-corrected chi connectivity index (χ3v) is 3.60. The number of hydrogen-bond donors (Lipinski definition) is 3. The summed E-state index contributed by atoms with van der Waals surface area (Å²) in [7, 11) is 0. The average molecular weight is 281 g/mol. The Morgan fingerprint density at radius 3 is 2.68 bits per heavy atom. The second-order valence-electron chi connectivity index (χ2n) is 4.06. The molecular formula is C13H19N3O2S. The standard InChI is InChI=1S/C13H19N3O2S/c1-2-9(14)13(18)16-10-5-3-4-6-11(10)19-8-7-12(15)17/h3-6,9H,2,7-8,14H2,1H3,(H2,15,17)(H,16,18)/t9-/m0/s1. The molecule has 2 amide bonds. The lowest BCUT2D eigenvalue weighted by molar-refractivity contribution is -0.118. The van der Waals surface area contributed by atoms with Crippen LogP contribution in [0.15, 0.2) is 29.2 Å². The highest BCUT2D eigenvalue weighted by Crippen LogP contribution is 2.27. The minimum Gasteiger partial charge on any atom is -0.370 e. The molecule has 0 saturated carbocycles. The molecule has 104 valence electrons. The van der Waals surface area contributed by atoms with Gasteiger partial charge >= 0.3 is 0 Å². The van der Waals surface area contributed by atoms with E-state index in [4.69, 9.17) is 11.5 Å². The fraction of sp³-hybridized carbons (Fsp3) is 0.385. The Morgan fingerprint density at radius 1 is 1.37 bits per heavy atom. The molecule has 0 aliphatic heterocycles. The summed E-state index contributed by atoms with van der Waals surface area (Å²) in [5, 5.41) is 2.80. The molecule has 1 aromatic rings. The number of para-hydroxylation sites is 1. The maximum Gasteiger partial charge on any atom is 0.241 e. The normalized spacial score (nSPS) is 11.9. The third kappa shape index (κ3) is 5.32. The van der Waals surface area contributed by atoms with E-state index in [0.717, 1.165) is 4.90 Å². The van der Waals surface area contributed by atoms with E-state index in [1.165, 1.54) is 11.8 Å².